The minimum atomic E-state index is 0.215. The SMILES string of the molecule is Cc1cnn(CC2CCCN2C(=O)CCc2nc3ccccc3[nH]2)c1. The molecule has 6 nitrogen and oxygen atoms in total. The van der Waals surface area contributed by atoms with Crippen molar-refractivity contribution in [2.24, 2.45) is 0 Å². The van der Waals surface area contributed by atoms with Crippen LogP contribution >= 0.6 is 0 Å². The number of likely N-dealkylation sites (tertiary alicyclic amines) is 1. The number of aryl methyl sites for hydroxylation is 2. The average molecular weight is 337 g/mol. The molecule has 4 rings (SSSR count). The predicted octanol–water partition coefficient (Wildman–Crippen LogP) is 2.69. The number of carbonyl (C=O) groups excluding carboxylic acids is 1. The Morgan fingerprint density at radius 3 is 3.04 bits per heavy atom. The van der Waals surface area contributed by atoms with Gasteiger partial charge in [0.05, 0.1) is 29.8 Å². The second-order valence-electron chi connectivity index (χ2n) is 6.82. The van der Waals surface area contributed by atoms with Crippen molar-refractivity contribution in [3.05, 3.63) is 48.0 Å². The molecule has 1 N–H and O–H groups in total. The number of nitrogens with one attached hydrogen (secondary N) is 1. The zero-order chi connectivity index (χ0) is 17.2. The second kappa shape index (κ2) is 6.70. The molecular formula is C19H23N5O. The Hall–Kier alpha value is -2.63. The first-order valence-corrected chi connectivity index (χ1v) is 8.91. The highest BCUT2D eigenvalue weighted by Gasteiger charge is 2.28. The van der Waals surface area contributed by atoms with Gasteiger partial charge in [-0.3, -0.25) is 9.48 Å². The van der Waals surface area contributed by atoms with E-state index in [-0.39, 0.29) is 11.9 Å². The number of nitrogens with zero attached hydrogens (tertiary/aromatic N) is 4. The van der Waals surface area contributed by atoms with Crippen LogP contribution in [-0.4, -0.2) is 43.1 Å². The highest BCUT2D eigenvalue weighted by atomic mass is 16.2. The van der Waals surface area contributed by atoms with Gasteiger partial charge < -0.3 is 9.88 Å². The summed E-state index contributed by atoms with van der Waals surface area (Å²) in [5.74, 6) is 1.10. The van der Waals surface area contributed by atoms with E-state index in [0.29, 0.717) is 12.8 Å². The first-order valence-electron chi connectivity index (χ1n) is 8.91. The molecule has 1 aliphatic heterocycles. The molecule has 0 radical (unpaired) electrons. The molecule has 1 aromatic carbocycles. The van der Waals surface area contributed by atoms with Crippen LogP contribution in [0.25, 0.3) is 11.0 Å². The summed E-state index contributed by atoms with van der Waals surface area (Å²) in [4.78, 5) is 22.6. The van der Waals surface area contributed by atoms with E-state index in [1.807, 2.05) is 53.2 Å². The fraction of sp³-hybridized carbons (Fsp3) is 0.421. The van der Waals surface area contributed by atoms with E-state index in [1.165, 1.54) is 0 Å². The van der Waals surface area contributed by atoms with Gasteiger partial charge in [-0.25, -0.2) is 4.98 Å². The number of rotatable bonds is 5. The maximum Gasteiger partial charge on any atom is 0.223 e. The lowest BCUT2D eigenvalue weighted by Crippen LogP contribution is -2.38. The van der Waals surface area contributed by atoms with Crippen LogP contribution in [0.3, 0.4) is 0 Å². The number of hydrogen-bond donors (Lipinski definition) is 1. The number of aromatic amines is 1. The van der Waals surface area contributed by atoms with Crippen LogP contribution in [0.1, 0.15) is 30.7 Å². The predicted molar refractivity (Wildman–Crippen MR) is 96.1 cm³/mol. The molecule has 1 saturated heterocycles. The lowest BCUT2D eigenvalue weighted by atomic mass is 10.2. The topological polar surface area (TPSA) is 66.8 Å². The molecule has 1 aliphatic rings. The van der Waals surface area contributed by atoms with E-state index >= 15 is 0 Å². The molecular weight excluding hydrogens is 314 g/mol. The summed E-state index contributed by atoms with van der Waals surface area (Å²) in [7, 11) is 0. The molecule has 2 aromatic heterocycles. The summed E-state index contributed by atoms with van der Waals surface area (Å²) < 4.78 is 1.95. The van der Waals surface area contributed by atoms with E-state index in [0.717, 1.165) is 48.4 Å². The largest absolute Gasteiger partial charge is 0.342 e. The van der Waals surface area contributed by atoms with Crippen LogP contribution in [0.15, 0.2) is 36.7 Å². The van der Waals surface area contributed by atoms with Gasteiger partial charge in [0.2, 0.25) is 5.91 Å². The van der Waals surface area contributed by atoms with Crippen molar-refractivity contribution in [1.82, 2.24) is 24.6 Å². The Kier molecular flexibility index (Phi) is 4.26. The van der Waals surface area contributed by atoms with E-state index < -0.39 is 0 Å². The third-order valence-electron chi connectivity index (χ3n) is 4.87. The molecule has 6 heteroatoms. The van der Waals surface area contributed by atoms with Gasteiger partial charge in [-0.15, -0.1) is 0 Å². The van der Waals surface area contributed by atoms with Gasteiger partial charge in [-0.05, 0) is 37.5 Å². The van der Waals surface area contributed by atoms with Crippen molar-refractivity contribution in [3.63, 3.8) is 0 Å². The smallest absolute Gasteiger partial charge is 0.223 e. The van der Waals surface area contributed by atoms with E-state index in [1.54, 1.807) is 0 Å². The normalized spacial score (nSPS) is 17.5. The highest BCUT2D eigenvalue weighted by molar-refractivity contribution is 5.78. The Balaban J connectivity index is 1.37. The molecule has 1 fully saturated rings. The second-order valence-corrected chi connectivity index (χ2v) is 6.82. The summed E-state index contributed by atoms with van der Waals surface area (Å²) >= 11 is 0. The van der Waals surface area contributed by atoms with Crippen LogP contribution in [0.4, 0.5) is 0 Å². The molecule has 1 atom stereocenters. The number of aromatic nitrogens is 4. The maximum atomic E-state index is 12.7. The zero-order valence-electron chi connectivity index (χ0n) is 14.5. The molecule has 1 unspecified atom stereocenters. The lowest BCUT2D eigenvalue weighted by Gasteiger charge is -2.24. The summed E-state index contributed by atoms with van der Waals surface area (Å²) in [6.45, 7) is 3.67. The number of hydrogen-bond acceptors (Lipinski definition) is 3. The van der Waals surface area contributed by atoms with E-state index in [2.05, 4.69) is 15.1 Å². The quantitative estimate of drug-likeness (QED) is 0.778. The molecule has 1 amide bonds. The lowest BCUT2D eigenvalue weighted by molar-refractivity contribution is -0.132. The van der Waals surface area contributed by atoms with Crippen LogP contribution < -0.4 is 0 Å². The molecule has 130 valence electrons. The van der Waals surface area contributed by atoms with Gasteiger partial charge in [0.15, 0.2) is 0 Å². The Morgan fingerprint density at radius 1 is 1.36 bits per heavy atom. The van der Waals surface area contributed by atoms with Crippen molar-refractivity contribution in [2.45, 2.75) is 45.2 Å². The fourth-order valence-electron chi connectivity index (χ4n) is 3.63. The first kappa shape index (κ1) is 15.9. The van der Waals surface area contributed by atoms with Crippen molar-refractivity contribution < 1.29 is 4.79 Å². The molecule has 3 aromatic rings. The summed E-state index contributed by atoms with van der Waals surface area (Å²) in [6.07, 6.45) is 7.17. The van der Waals surface area contributed by atoms with Gasteiger partial charge in [0.1, 0.15) is 5.82 Å². The van der Waals surface area contributed by atoms with Gasteiger partial charge in [0, 0.05) is 25.6 Å². The number of imidazole rings is 1. The molecule has 0 spiro atoms. The number of H-pyrrole nitrogens is 1. The molecule has 0 saturated carbocycles. The average Bonchev–Trinajstić information content (AvgIpc) is 3.32. The van der Waals surface area contributed by atoms with Gasteiger partial charge in [-0.2, -0.15) is 5.10 Å². The van der Waals surface area contributed by atoms with Gasteiger partial charge >= 0.3 is 0 Å². The standard InChI is InChI=1S/C19H23N5O/c1-14-11-20-23(12-14)13-15-5-4-10-24(15)19(25)9-8-18-21-16-6-2-3-7-17(16)22-18/h2-3,6-7,11-12,15H,4-5,8-10,13H2,1H3,(H,21,22). The number of amides is 1. The Morgan fingerprint density at radius 2 is 2.24 bits per heavy atom. The van der Waals surface area contributed by atoms with Gasteiger partial charge in [-0.1, -0.05) is 12.1 Å². The van der Waals surface area contributed by atoms with Crippen LogP contribution in [0.5, 0.6) is 0 Å². The maximum absolute atomic E-state index is 12.7. The van der Waals surface area contributed by atoms with Crippen LogP contribution in [0.2, 0.25) is 0 Å². The Labute approximate surface area is 146 Å². The third kappa shape index (κ3) is 3.43. The van der Waals surface area contributed by atoms with Crippen LogP contribution in [0, 0.1) is 6.92 Å². The monoisotopic (exact) mass is 337 g/mol. The van der Waals surface area contributed by atoms with Crippen molar-refractivity contribution in [3.8, 4) is 0 Å². The number of carbonyl (C=O) groups is 1. The number of fused-ring (bicyclic) bond motifs is 1. The first-order chi connectivity index (χ1) is 12.2. The summed E-state index contributed by atoms with van der Waals surface area (Å²) in [6, 6.07) is 8.21. The van der Waals surface area contributed by atoms with E-state index in [4.69, 9.17) is 0 Å². The summed E-state index contributed by atoms with van der Waals surface area (Å²) in [5, 5.41) is 4.35. The summed E-state index contributed by atoms with van der Waals surface area (Å²) in [5.41, 5.74) is 3.14. The van der Waals surface area contributed by atoms with Crippen molar-refractivity contribution in [1.29, 1.82) is 0 Å². The third-order valence-corrected chi connectivity index (χ3v) is 4.87. The number of para-hydroxylation sites is 2. The van der Waals surface area contributed by atoms with Crippen molar-refractivity contribution in [2.75, 3.05) is 6.54 Å². The Bertz CT molecular complexity index is 848. The number of benzene rings is 1. The fourth-order valence-corrected chi connectivity index (χ4v) is 3.63. The highest BCUT2D eigenvalue weighted by Crippen LogP contribution is 2.21. The minimum absolute atomic E-state index is 0.215. The molecule has 25 heavy (non-hydrogen) atoms. The van der Waals surface area contributed by atoms with Crippen LogP contribution in [-0.2, 0) is 17.8 Å². The zero-order valence-corrected chi connectivity index (χ0v) is 14.5. The van der Waals surface area contributed by atoms with Gasteiger partial charge in [0.25, 0.3) is 0 Å². The van der Waals surface area contributed by atoms with Crippen molar-refractivity contribution >= 4 is 16.9 Å². The minimum Gasteiger partial charge on any atom is -0.342 e. The molecule has 0 aliphatic carbocycles. The van der Waals surface area contributed by atoms with E-state index in [9.17, 15) is 4.79 Å². The molecule has 3 heterocycles. The molecule has 0 bridgehead atoms.